The van der Waals surface area contributed by atoms with Gasteiger partial charge in [-0.3, -0.25) is 0 Å². The molecule has 0 saturated heterocycles. The van der Waals surface area contributed by atoms with E-state index in [9.17, 15) is 14.4 Å². The quantitative estimate of drug-likeness (QED) is 0.628. The van der Waals surface area contributed by atoms with Crippen LogP contribution in [0.3, 0.4) is 0 Å². The highest BCUT2D eigenvalue weighted by Gasteiger charge is 2.29. The van der Waals surface area contributed by atoms with Gasteiger partial charge in [-0.15, -0.1) is 0 Å². The van der Waals surface area contributed by atoms with Crippen molar-refractivity contribution in [2.45, 2.75) is 20.8 Å². The largest absolute Gasteiger partial charge is 0.462 e. The Morgan fingerprint density at radius 1 is 0.900 bits per heavy atom. The first-order valence-corrected chi connectivity index (χ1v) is 6.29. The van der Waals surface area contributed by atoms with Crippen LogP contribution >= 0.6 is 0 Å². The molecular formula is C13H17NO6. The molecule has 0 fully saturated rings. The van der Waals surface area contributed by atoms with Gasteiger partial charge in [0.05, 0.1) is 25.4 Å². The summed E-state index contributed by atoms with van der Waals surface area (Å²) in [5.41, 5.74) is -0.328. The molecule has 0 radical (unpaired) electrons. The molecule has 0 aliphatic carbocycles. The van der Waals surface area contributed by atoms with E-state index in [-0.39, 0.29) is 36.6 Å². The van der Waals surface area contributed by atoms with Gasteiger partial charge in [-0.05, 0) is 20.8 Å². The van der Waals surface area contributed by atoms with Crippen LogP contribution in [0.2, 0.25) is 0 Å². The zero-order chi connectivity index (χ0) is 15.1. The van der Waals surface area contributed by atoms with Gasteiger partial charge in [0, 0.05) is 6.20 Å². The van der Waals surface area contributed by atoms with E-state index in [1.807, 2.05) is 0 Å². The van der Waals surface area contributed by atoms with Crippen LogP contribution in [0.15, 0.2) is 6.20 Å². The number of aromatic amines is 1. The maximum absolute atomic E-state index is 11.9. The Labute approximate surface area is 116 Å². The van der Waals surface area contributed by atoms with Crippen LogP contribution in [-0.2, 0) is 14.2 Å². The summed E-state index contributed by atoms with van der Waals surface area (Å²) >= 11 is 0. The van der Waals surface area contributed by atoms with E-state index in [1.165, 1.54) is 6.20 Å². The molecule has 110 valence electrons. The van der Waals surface area contributed by atoms with Gasteiger partial charge < -0.3 is 19.2 Å². The first-order valence-electron chi connectivity index (χ1n) is 6.29. The van der Waals surface area contributed by atoms with Crippen molar-refractivity contribution in [2.75, 3.05) is 19.8 Å². The summed E-state index contributed by atoms with van der Waals surface area (Å²) in [5, 5.41) is 0. The number of hydrogen-bond acceptors (Lipinski definition) is 6. The average Bonchev–Trinajstić information content (AvgIpc) is 2.84. The number of esters is 3. The summed E-state index contributed by atoms with van der Waals surface area (Å²) < 4.78 is 14.5. The first kappa shape index (κ1) is 15.7. The third-order valence-corrected chi connectivity index (χ3v) is 2.33. The first-order chi connectivity index (χ1) is 9.56. The fourth-order valence-electron chi connectivity index (χ4n) is 1.57. The molecule has 0 spiro atoms. The minimum atomic E-state index is -0.778. The molecule has 1 N–H and O–H groups in total. The van der Waals surface area contributed by atoms with E-state index in [1.54, 1.807) is 20.8 Å². The van der Waals surface area contributed by atoms with Crippen LogP contribution in [0.5, 0.6) is 0 Å². The highest BCUT2D eigenvalue weighted by Crippen LogP contribution is 2.18. The van der Waals surface area contributed by atoms with E-state index >= 15 is 0 Å². The van der Waals surface area contributed by atoms with Gasteiger partial charge in [-0.1, -0.05) is 0 Å². The highest BCUT2D eigenvalue weighted by molar-refractivity contribution is 6.10. The number of nitrogens with one attached hydrogen (secondary N) is 1. The van der Waals surface area contributed by atoms with Crippen LogP contribution in [0, 0.1) is 0 Å². The summed E-state index contributed by atoms with van der Waals surface area (Å²) in [6.07, 6.45) is 1.23. The predicted molar refractivity (Wildman–Crippen MR) is 68.7 cm³/mol. The smallest absolute Gasteiger partial charge is 0.355 e. The molecule has 1 aromatic rings. The molecule has 0 unspecified atom stereocenters. The fourth-order valence-corrected chi connectivity index (χ4v) is 1.57. The molecule has 0 atom stereocenters. The Hall–Kier alpha value is -2.31. The fraction of sp³-hybridized carbons (Fsp3) is 0.462. The Bertz CT molecular complexity index is 469. The lowest BCUT2D eigenvalue weighted by Gasteiger charge is -2.06. The summed E-state index contributed by atoms with van der Waals surface area (Å²) in [7, 11) is 0. The van der Waals surface area contributed by atoms with Crippen LogP contribution in [0.4, 0.5) is 0 Å². The summed E-state index contributed by atoms with van der Waals surface area (Å²) in [6.45, 7) is 5.32. The number of ether oxygens (including phenoxy) is 3. The lowest BCUT2D eigenvalue weighted by molar-refractivity contribution is 0.0460. The van der Waals surface area contributed by atoms with Gasteiger partial charge in [0.25, 0.3) is 0 Å². The van der Waals surface area contributed by atoms with Crippen molar-refractivity contribution in [3.8, 4) is 0 Å². The molecule has 0 aromatic carbocycles. The SMILES string of the molecule is CCOC(=O)c1c[nH]c(C(=O)OCC)c1C(=O)OCC. The summed E-state index contributed by atoms with van der Waals surface area (Å²) in [6, 6.07) is 0. The maximum atomic E-state index is 11.9. The lowest BCUT2D eigenvalue weighted by Crippen LogP contribution is -2.17. The minimum absolute atomic E-state index is 0.0478. The van der Waals surface area contributed by atoms with E-state index in [0.717, 1.165) is 0 Å². The topological polar surface area (TPSA) is 94.7 Å². The molecule has 20 heavy (non-hydrogen) atoms. The second-order valence-electron chi connectivity index (χ2n) is 3.61. The predicted octanol–water partition coefficient (Wildman–Crippen LogP) is 1.54. The minimum Gasteiger partial charge on any atom is -0.462 e. The number of hydrogen-bond donors (Lipinski definition) is 1. The third-order valence-electron chi connectivity index (χ3n) is 2.33. The van der Waals surface area contributed by atoms with Gasteiger partial charge in [-0.2, -0.15) is 0 Å². The van der Waals surface area contributed by atoms with Gasteiger partial charge in [-0.25, -0.2) is 14.4 Å². The van der Waals surface area contributed by atoms with Crippen LogP contribution in [0.1, 0.15) is 52.0 Å². The molecule has 7 nitrogen and oxygen atoms in total. The molecule has 0 aliphatic rings. The monoisotopic (exact) mass is 283 g/mol. The molecule has 0 amide bonds. The Morgan fingerprint density at radius 3 is 1.95 bits per heavy atom. The van der Waals surface area contributed by atoms with Crippen molar-refractivity contribution in [3.05, 3.63) is 23.0 Å². The van der Waals surface area contributed by atoms with E-state index < -0.39 is 17.9 Å². The molecule has 0 bridgehead atoms. The molecule has 7 heteroatoms. The summed E-state index contributed by atoms with van der Waals surface area (Å²) in [4.78, 5) is 38.0. The Balaban J connectivity index is 3.22. The molecule has 0 saturated carbocycles. The lowest BCUT2D eigenvalue weighted by atomic mass is 10.1. The van der Waals surface area contributed by atoms with Crippen molar-refractivity contribution in [1.29, 1.82) is 0 Å². The van der Waals surface area contributed by atoms with Crippen molar-refractivity contribution < 1.29 is 28.6 Å². The van der Waals surface area contributed by atoms with Gasteiger partial charge >= 0.3 is 17.9 Å². The number of carbonyl (C=O) groups is 3. The van der Waals surface area contributed by atoms with Crippen LogP contribution < -0.4 is 0 Å². The van der Waals surface area contributed by atoms with Crippen LogP contribution in [0.25, 0.3) is 0 Å². The second kappa shape index (κ2) is 7.32. The van der Waals surface area contributed by atoms with Crippen molar-refractivity contribution in [3.63, 3.8) is 0 Å². The van der Waals surface area contributed by atoms with E-state index in [2.05, 4.69) is 4.98 Å². The molecule has 1 rings (SSSR count). The molecular weight excluding hydrogens is 266 g/mol. The second-order valence-corrected chi connectivity index (χ2v) is 3.61. The van der Waals surface area contributed by atoms with Crippen molar-refractivity contribution in [1.82, 2.24) is 4.98 Å². The zero-order valence-corrected chi connectivity index (χ0v) is 11.6. The van der Waals surface area contributed by atoms with E-state index in [0.29, 0.717) is 0 Å². The molecule has 1 heterocycles. The van der Waals surface area contributed by atoms with E-state index in [4.69, 9.17) is 14.2 Å². The number of carbonyl (C=O) groups excluding carboxylic acids is 3. The maximum Gasteiger partial charge on any atom is 0.355 e. The molecule has 1 aromatic heterocycles. The third kappa shape index (κ3) is 3.37. The van der Waals surface area contributed by atoms with Crippen molar-refractivity contribution >= 4 is 17.9 Å². The number of aromatic nitrogens is 1. The molecule has 0 aliphatic heterocycles. The normalized spacial score (nSPS) is 9.95. The van der Waals surface area contributed by atoms with Gasteiger partial charge in [0.15, 0.2) is 0 Å². The zero-order valence-electron chi connectivity index (χ0n) is 11.6. The van der Waals surface area contributed by atoms with Crippen LogP contribution in [-0.4, -0.2) is 42.7 Å². The highest BCUT2D eigenvalue weighted by atomic mass is 16.5. The van der Waals surface area contributed by atoms with Gasteiger partial charge in [0.1, 0.15) is 11.3 Å². The summed E-state index contributed by atoms with van der Waals surface area (Å²) in [5.74, 6) is -2.21. The standard InChI is InChI=1S/C13H17NO6/c1-4-18-11(15)8-7-14-10(13(17)20-6-3)9(8)12(16)19-5-2/h7,14H,4-6H2,1-3H3. The number of rotatable bonds is 6. The van der Waals surface area contributed by atoms with Crippen molar-refractivity contribution in [2.24, 2.45) is 0 Å². The Morgan fingerprint density at radius 2 is 1.40 bits per heavy atom. The Kier molecular flexibility index (Phi) is 5.76. The average molecular weight is 283 g/mol. The number of H-pyrrole nitrogens is 1. The van der Waals surface area contributed by atoms with Gasteiger partial charge in [0.2, 0.25) is 0 Å².